The Hall–Kier alpha value is -3.08. The fourth-order valence-corrected chi connectivity index (χ4v) is 2.02. The van der Waals surface area contributed by atoms with E-state index in [0.717, 1.165) is 0 Å². The second kappa shape index (κ2) is 17.4. The van der Waals surface area contributed by atoms with Crippen LogP contribution in [0.5, 0.6) is 0 Å². The molecule has 16 nitrogen and oxygen atoms in total. The molecule has 0 spiro atoms. The monoisotopic (exact) mass is 642 g/mol. The van der Waals surface area contributed by atoms with Gasteiger partial charge in [-0.2, -0.15) is 19.6 Å². The highest BCUT2D eigenvalue weighted by Crippen LogP contribution is 2.30. The Morgan fingerprint density at radius 2 is 0.705 bits per heavy atom. The summed E-state index contributed by atoms with van der Waals surface area (Å²) in [6.07, 6.45) is -7.20. The average Bonchev–Trinajstić information content (AvgIpc) is 2.95. The topological polar surface area (TPSA) is 179 Å². The minimum absolute atomic E-state index is 0.343. The van der Waals surface area contributed by atoms with Crippen LogP contribution in [0, 0.1) is 0 Å². The first-order chi connectivity index (χ1) is 20.1. The number of hydrogen-bond acceptors (Lipinski definition) is 16. The van der Waals surface area contributed by atoms with Crippen molar-refractivity contribution in [2.45, 2.75) is 157 Å². The average molecular weight is 643 g/mol. The maximum Gasteiger partial charge on any atom is 0.546 e. The van der Waals surface area contributed by atoms with Gasteiger partial charge in [-0.3, -0.25) is 19.6 Å². The summed E-state index contributed by atoms with van der Waals surface area (Å²) in [6, 6.07) is 0. The van der Waals surface area contributed by atoms with Gasteiger partial charge < -0.3 is 18.9 Å². The molecule has 16 heteroatoms. The van der Waals surface area contributed by atoms with Crippen LogP contribution in [0.2, 0.25) is 0 Å². The zero-order valence-corrected chi connectivity index (χ0v) is 28.1. The lowest BCUT2D eigenvalue weighted by Crippen LogP contribution is -2.55. The fraction of sp³-hybridized carbons (Fsp3) is 0.857. The van der Waals surface area contributed by atoms with Crippen molar-refractivity contribution in [1.29, 1.82) is 0 Å². The molecule has 0 saturated heterocycles. The van der Waals surface area contributed by atoms with E-state index in [1.54, 1.807) is 83.1 Å². The van der Waals surface area contributed by atoms with Crippen molar-refractivity contribution < 1.29 is 77.2 Å². The van der Waals surface area contributed by atoms with Gasteiger partial charge in [0, 0.05) is 0 Å². The second-order valence-electron chi connectivity index (χ2n) is 12.0. The molecule has 0 rings (SSSR count). The molecule has 0 N–H and O–H groups in total. The van der Waals surface area contributed by atoms with E-state index >= 15 is 0 Å². The lowest BCUT2D eigenvalue weighted by molar-refractivity contribution is -0.412. The van der Waals surface area contributed by atoms with Crippen molar-refractivity contribution in [3.05, 3.63) is 0 Å². The second-order valence-corrected chi connectivity index (χ2v) is 12.0. The van der Waals surface area contributed by atoms with Crippen molar-refractivity contribution in [1.82, 2.24) is 0 Å². The highest BCUT2D eigenvalue weighted by atomic mass is 17.3. The van der Waals surface area contributed by atoms with E-state index in [2.05, 4.69) is 0 Å². The number of rotatable bonds is 18. The predicted molar refractivity (Wildman–Crippen MR) is 149 cm³/mol. The lowest BCUT2D eigenvalue weighted by atomic mass is 10.1. The van der Waals surface area contributed by atoms with Crippen LogP contribution in [0.1, 0.15) is 122 Å². The van der Waals surface area contributed by atoms with Gasteiger partial charge in [-0.15, -0.1) is 0 Å². The SMILES string of the molecule is CCC(OC(=O)OOC(C)(C)CC)C(OC(=O)OOC(C)(C)CC)(OC(=O)OOC(C)(C)CC)OC(=O)OOC(C)(C)CC. The van der Waals surface area contributed by atoms with Gasteiger partial charge in [-0.25, -0.2) is 19.2 Å². The molecule has 258 valence electrons. The Balaban J connectivity index is 6.57. The Kier molecular flexibility index (Phi) is 16.2. The lowest BCUT2D eigenvalue weighted by Gasteiger charge is -2.34. The summed E-state index contributed by atoms with van der Waals surface area (Å²) in [4.78, 5) is 90.2. The highest BCUT2D eigenvalue weighted by Gasteiger charge is 2.56. The summed E-state index contributed by atoms with van der Waals surface area (Å²) in [6.45, 7) is 21.3. The van der Waals surface area contributed by atoms with Crippen molar-refractivity contribution in [3.8, 4) is 0 Å². The molecule has 0 heterocycles. The zero-order valence-electron chi connectivity index (χ0n) is 28.1. The maximum absolute atomic E-state index is 12.8. The smallest absolute Gasteiger partial charge is 0.416 e. The van der Waals surface area contributed by atoms with Gasteiger partial charge in [0.15, 0.2) is 0 Å². The molecule has 0 aliphatic carbocycles. The van der Waals surface area contributed by atoms with E-state index in [1.807, 2.05) is 0 Å². The van der Waals surface area contributed by atoms with E-state index in [-0.39, 0.29) is 6.42 Å². The van der Waals surface area contributed by atoms with Gasteiger partial charge in [-0.1, -0.05) is 34.6 Å². The number of ether oxygens (including phenoxy) is 4. The highest BCUT2D eigenvalue weighted by molar-refractivity contribution is 5.65. The van der Waals surface area contributed by atoms with Gasteiger partial charge in [0.2, 0.25) is 6.10 Å². The summed E-state index contributed by atoms with van der Waals surface area (Å²) in [5, 5.41) is 0. The first-order valence-electron chi connectivity index (χ1n) is 14.4. The Labute approximate surface area is 258 Å². The summed E-state index contributed by atoms with van der Waals surface area (Å²) in [7, 11) is 0. The molecular weight excluding hydrogens is 592 g/mol. The van der Waals surface area contributed by atoms with Crippen molar-refractivity contribution >= 4 is 24.6 Å². The van der Waals surface area contributed by atoms with Crippen molar-refractivity contribution in [3.63, 3.8) is 0 Å². The number of hydrogen-bond donors (Lipinski definition) is 0. The van der Waals surface area contributed by atoms with E-state index in [4.69, 9.17) is 58.0 Å². The third-order valence-electron chi connectivity index (χ3n) is 6.43. The molecule has 0 aliphatic rings. The number of carbonyl (C=O) groups is 4. The first-order valence-corrected chi connectivity index (χ1v) is 14.4. The molecule has 1 atom stereocenters. The fourth-order valence-electron chi connectivity index (χ4n) is 2.02. The third kappa shape index (κ3) is 15.6. The summed E-state index contributed by atoms with van der Waals surface area (Å²) in [5.74, 6) is -3.28. The minimum atomic E-state index is -3.28. The third-order valence-corrected chi connectivity index (χ3v) is 6.43. The van der Waals surface area contributed by atoms with E-state index in [9.17, 15) is 19.2 Å². The molecule has 0 bridgehead atoms. The van der Waals surface area contributed by atoms with Crippen LogP contribution >= 0.6 is 0 Å². The van der Waals surface area contributed by atoms with Crippen LogP contribution in [-0.2, 0) is 58.0 Å². The van der Waals surface area contributed by atoms with Crippen molar-refractivity contribution in [2.24, 2.45) is 0 Å². The zero-order chi connectivity index (χ0) is 34.4. The van der Waals surface area contributed by atoms with Gasteiger partial charge >= 0.3 is 30.6 Å². The molecule has 0 aliphatic heterocycles. The molecule has 0 radical (unpaired) electrons. The minimum Gasteiger partial charge on any atom is -0.416 e. The van der Waals surface area contributed by atoms with Crippen LogP contribution in [0.15, 0.2) is 0 Å². The molecular formula is C28H50O16. The first kappa shape index (κ1) is 40.9. The Morgan fingerprint density at radius 3 is 0.932 bits per heavy atom. The molecule has 0 saturated carbocycles. The number of carbonyl (C=O) groups excluding carboxylic acids is 4. The van der Waals surface area contributed by atoms with E-state index in [0.29, 0.717) is 25.7 Å². The summed E-state index contributed by atoms with van der Waals surface area (Å²) < 4.78 is 20.6. The molecule has 0 aromatic heterocycles. The molecule has 1 unspecified atom stereocenters. The predicted octanol–water partition coefficient (Wildman–Crippen LogP) is 7.51. The van der Waals surface area contributed by atoms with Gasteiger partial charge in [-0.05, 0) is 87.5 Å². The molecule has 0 aromatic rings. The standard InChI is InChI=1S/C28H50O16/c1-14-19(33-20(29)37-41-24(6,7)15-2)28(34-21(30)38-42-25(8,9)16-3,35-22(31)39-43-26(10,11)17-4)36-23(32)40-44-27(12,13)18-5/h19H,14-18H2,1-13H3. The summed E-state index contributed by atoms with van der Waals surface area (Å²) >= 11 is 0. The van der Waals surface area contributed by atoms with Crippen LogP contribution in [0.4, 0.5) is 19.2 Å². The van der Waals surface area contributed by atoms with Gasteiger partial charge in [0.05, 0.1) is 0 Å². The quantitative estimate of drug-likeness (QED) is 0.0619. The molecule has 0 fully saturated rings. The van der Waals surface area contributed by atoms with Crippen LogP contribution in [-0.4, -0.2) is 59.1 Å². The molecule has 44 heavy (non-hydrogen) atoms. The summed E-state index contributed by atoms with van der Waals surface area (Å²) in [5.41, 5.74) is -3.84. The van der Waals surface area contributed by atoms with Crippen LogP contribution < -0.4 is 0 Å². The van der Waals surface area contributed by atoms with Gasteiger partial charge in [0.25, 0.3) is 0 Å². The van der Waals surface area contributed by atoms with E-state index < -0.39 is 59.1 Å². The van der Waals surface area contributed by atoms with Crippen molar-refractivity contribution in [2.75, 3.05) is 0 Å². The van der Waals surface area contributed by atoms with Gasteiger partial charge in [0.1, 0.15) is 22.4 Å². The molecule has 0 amide bonds. The van der Waals surface area contributed by atoms with Crippen LogP contribution in [0.25, 0.3) is 0 Å². The van der Waals surface area contributed by atoms with E-state index in [1.165, 1.54) is 6.92 Å². The Morgan fingerprint density at radius 1 is 0.455 bits per heavy atom. The normalized spacial score (nSPS) is 13.3. The Bertz CT molecular complexity index is 843. The largest absolute Gasteiger partial charge is 0.546 e. The maximum atomic E-state index is 12.8. The van der Waals surface area contributed by atoms with Crippen LogP contribution in [0.3, 0.4) is 0 Å². The molecule has 0 aromatic carbocycles.